The van der Waals surface area contributed by atoms with Gasteiger partial charge in [0.2, 0.25) is 0 Å². The van der Waals surface area contributed by atoms with Crippen molar-refractivity contribution in [2.75, 3.05) is 0 Å². The van der Waals surface area contributed by atoms with E-state index in [2.05, 4.69) is 81.1 Å². The van der Waals surface area contributed by atoms with Crippen LogP contribution in [0.5, 0.6) is 0 Å². The van der Waals surface area contributed by atoms with Crippen LogP contribution in [0.15, 0.2) is 78.9 Å². The zero-order valence-corrected chi connectivity index (χ0v) is 15.1. The van der Waals surface area contributed by atoms with Gasteiger partial charge in [0.1, 0.15) is 0 Å². The normalized spacial score (nSPS) is 11.5. The van der Waals surface area contributed by atoms with Crippen molar-refractivity contribution in [3.8, 4) is 11.1 Å². The summed E-state index contributed by atoms with van der Waals surface area (Å²) in [6, 6.07) is 17.4. The molecule has 0 spiro atoms. The fraction of sp³-hybridized carbons (Fsp3) is 0.217. The van der Waals surface area contributed by atoms with Crippen molar-refractivity contribution < 1.29 is 0 Å². The first kappa shape index (κ1) is 18.7. The number of hydrogen-bond acceptors (Lipinski definition) is 0. The lowest BCUT2D eigenvalue weighted by Gasteiger charge is -2.08. The molecule has 2 aromatic carbocycles. The second-order valence-corrected chi connectivity index (χ2v) is 5.24. The van der Waals surface area contributed by atoms with E-state index in [9.17, 15) is 0 Å². The van der Waals surface area contributed by atoms with E-state index < -0.39 is 0 Å². The molecule has 120 valence electrons. The Morgan fingerprint density at radius 2 is 1.35 bits per heavy atom. The van der Waals surface area contributed by atoms with Gasteiger partial charge in [0, 0.05) is 0 Å². The first-order chi connectivity index (χ1) is 11.2. The Labute approximate surface area is 141 Å². The maximum Gasteiger partial charge on any atom is -0.0158 e. The summed E-state index contributed by atoms with van der Waals surface area (Å²) in [5.41, 5.74) is 7.43. The lowest BCUT2D eigenvalue weighted by atomic mass is 9.97. The van der Waals surface area contributed by atoms with Crippen LogP contribution in [0.1, 0.15) is 38.8 Å². The molecule has 0 heterocycles. The van der Waals surface area contributed by atoms with Gasteiger partial charge in [-0.3, -0.25) is 0 Å². The molecule has 0 saturated heterocycles. The van der Waals surface area contributed by atoms with Crippen molar-refractivity contribution in [3.05, 3.63) is 90.0 Å². The smallest absolute Gasteiger partial charge is 0.0158 e. The third kappa shape index (κ3) is 5.10. The van der Waals surface area contributed by atoms with Crippen molar-refractivity contribution in [3.63, 3.8) is 0 Å². The molecule has 0 aromatic heterocycles. The number of aryl methyl sites for hydroxylation is 1. The third-order valence-electron chi connectivity index (χ3n) is 3.65. The first-order valence-corrected chi connectivity index (χ1v) is 8.29. The number of benzene rings is 2. The molecule has 0 atom stereocenters. The van der Waals surface area contributed by atoms with Gasteiger partial charge in [-0.1, -0.05) is 92.7 Å². The molecular weight excluding hydrogens is 276 g/mol. The van der Waals surface area contributed by atoms with E-state index in [1.807, 2.05) is 26.8 Å². The fourth-order valence-corrected chi connectivity index (χ4v) is 2.32. The van der Waals surface area contributed by atoms with Crippen molar-refractivity contribution in [1.29, 1.82) is 0 Å². The Kier molecular flexibility index (Phi) is 7.83. The summed E-state index contributed by atoms with van der Waals surface area (Å²) in [6.07, 6.45) is 6.11. The molecule has 0 aliphatic carbocycles. The SMILES string of the molecule is C=C/C(C)=C(\C=C/C)c1ccc(-c2ccc(C)cc2)cc1.CC. The van der Waals surface area contributed by atoms with Gasteiger partial charge >= 0.3 is 0 Å². The van der Waals surface area contributed by atoms with Gasteiger partial charge in [0.25, 0.3) is 0 Å². The Balaban J connectivity index is 0.00000127. The molecule has 0 N–H and O–H groups in total. The summed E-state index contributed by atoms with van der Waals surface area (Å²) >= 11 is 0. The Morgan fingerprint density at radius 1 is 0.870 bits per heavy atom. The van der Waals surface area contributed by atoms with Crippen LogP contribution in [0.4, 0.5) is 0 Å². The first-order valence-electron chi connectivity index (χ1n) is 8.29. The monoisotopic (exact) mass is 304 g/mol. The van der Waals surface area contributed by atoms with Crippen LogP contribution in [0, 0.1) is 6.92 Å². The van der Waals surface area contributed by atoms with Crippen LogP contribution in [0.2, 0.25) is 0 Å². The summed E-state index contributed by atoms with van der Waals surface area (Å²) < 4.78 is 0. The zero-order chi connectivity index (χ0) is 17.2. The minimum atomic E-state index is 1.19. The van der Waals surface area contributed by atoms with Gasteiger partial charge in [-0.15, -0.1) is 0 Å². The summed E-state index contributed by atoms with van der Waals surface area (Å²) in [5, 5.41) is 0. The highest BCUT2D eigenvalue weighted by Crippen LogP contribution is 2.25. The molecule has 0 bridgehead atoms. The van der Waals surface area contributed by atoms with Crippen LogP contribution in [-0.4, -0.2) is 0 Å². The molecule has 0 aliphatic rings. The quantitative estimate of drug-likeness (QED) is 0.523. The maximum atomic E-state index is 3.87. The van der Waals surface area contributed by atoms with Gasteiger partial charge in [-0.2, -0.15) is 0 Å². The second-order valence-electron chi connectivity index (χ2n) is 5.24. The van der Waals surface area contributed by atoms with Crippen molar-refractivity contribution in [1.82, 2.24) is 0 Å². The number of rotatable bonds is 4. The molecule has 0 aliphatic heterocycles. The van der Waals surface area contributed by atoms with E-state index in [4.69, 9.17) is 0 Å². The Morgan fingerprint density at radius 3 is 1.78 bits per heavy atom. The summed E-state index contributed by atoms with van der Waals surface area (Å²) in [6.45, 7) is 14.1. The maximum absolute atomic E-state index is 3.87. The van der Waals surface area contributed by atoms with Crippen LogP contribution >= 0.6 is 0 Å². The lowest BCUT2D eigenvalue weighted by Crippen LogP contribution is -1.86. The van der Waals surface area contributed by atoms with E-state index in [1.165, 1.54) is 33.4 Å². The van der Waals surface area contributed by atoms with Crippen molar-refractivity contribution in [2.45, 2.75) is 34.6 Å². The molecule has 2 rings (SSSR count). The fourth-order valence-electron chi connectivity index (χ4n) is 2.32. The third-order valence-corrected chi connectivity index (χ3v) is 3.65. The van der Waals surface area contributed by atoms with Crippen LogP contribution in [-0.2, 0) is 0 Å². The van der Waals surface area contributed by atoms with Crippen molar-refractivity contribution in [2.24, 2.45) is 0 Å². The number of allylic oxidation sites excluding steroid dienone is 5. The van der Waals surface area contributed by atoms with Gasteiger partial charge < -0.3 is 0 Å². The highest BCUT2D eigenvalue weighted by atomic mass is 14.1. The number of hydrogen-bond donors (Lipinski definition) is 0. The average Bonchev–Trinajstić information content (AvgIpc) is 2.62. The molecule has 0 fully saturated rings. The average molecular weight is 304 g/mol. The Hall–Kier alpha value is -2.34. The van der Waals surface area contributed by atoms with E-state index >= 15 is 0 Å². The van der Waals surface area contributed by atoms with E-state index in [1.54, 1.807) is 0 Å². The second kappa shape index (κ2) is 9.63. The topological polar surface area (TPSA) is 0 Å². The predicted molar refractivity (Wildman–Crippen MR) is 106 cm³/mol. The standard InChI is InChI=1S/C21H22.C2H6/c1-5-7-21(17(4)6-2)20-14-12-19(13-15-20)18-10-8-16(3)9-11-18;1-2/h5-15H,2H2,1,3-4H3;1-2H3/b7-5-,21-17+;. The van der Waals surface area contributed by atoms with Gasteiger partial charge in [-0.05, 0) is 48.6 Å². The molecule has 0 saturated carbocycles. The summed E-state index contributed by atoms with van der Waals surface area (Å²) in [4.78, 5) is 0. The molecule has 23 heavy (non-hydrogen) atoms. The molecule has 0 nitrogen and oxygen atoms in total. The van der Waals surface area contributed by atoms with Crippen LogP contribution in [0.25, 0.3) is 16.7 Å². The molecular formula is C23H28. The minimum absolute atomic E-state index is 1.19. The van der Waals surface area contributed by atoms with Crippen LogP contribution in [0.3, 0.4) is 0 Å². The highest BCUT2D eigenvalue weighted by Gasteiger charge is 2.02. The molecule has 0 radical (unpaired) electrons. The lowest BCUT2D eigenvalue weighted by molar-refractivity contribution is 1.46. The highest BCUT2D eigenvalue weighted by molar-refractivity contribution is 5.79. The predicted octanol–water partition coefficient (Wildman–Crippen LogP) is 7.22. The largest absolute Gasteiger partial charge is 0.0988 e. The molecule has 0 amide bonds. The van der Waals surface area contributed by atoms with Crippen LogP contribution < -0.4 is 0 Å². The van der Waals surface area contributed by atoms with E-state index in [0.29, 0.717) is 0 Å². The van der Waals surface area contributed by atoms with E-state index in [-0.39, 0.29) is 0 Å². The molecule has 0 unspecified atom stereocenters. The van der Waals surface area contributed by atoms with Crippen molar-refractivity contribution >= 4 is 5.57 Å². The van der Waals surface area contributed by atoms with E-state index in [0.717, 1.165) is 0 Å². The zero-order valence-electron chi connectivity index (χ0n) is 15.1. The van der Waals surface area contributed by atoms with Gasteiger partial charge in [-0.25, -0.2) is 0 Å². The molecule has 0 heteroatoms. The Bertz CT molecular complexity index is 665. The summed E-state index contributed by atoms with van der Waals surface area (Å²) in [7, 11) is 0. The molecule has 2 aromatic rings. The minimum Gasteiger partial charge on any atom is -0.0988 e. The van der Waals surface area contributed by atoms with Gasteiger partial charge in [0.15, 0.2) is 0 Å². The van der Waals surface area contributed by atoms with Gasteiger partial charge in [0.05, 0.1) is 0 Å². The summed E-state index contributed by atoms with van der Waals surface area (Å²) in [5.74, 6) is 0.